The number of nitrogens with zero attached hydrogens (tertiary/aromatic N) is 3. The summed E-state index contributed by atoms with van der Waals surface area (Å²) >= 11 is 0. The summed E-state index contributed by atoms with van der Waals surface area (Å²) < 4.78 is 17.7. The number of benzene rings is 11. The zero-order chi connectivity index (χ0) is 53.8. The van der Waals surface area contributed by atoms with E-state index in [2.05, 4.69) is 290 Å². The van der Waals surface area contributed by atoms with Gasteiger partial charge in [-0.2, -0.15) is 0 Å². The lowest BCUT2D eigenvalue weighted by atomic mass is 9.65. The fourth-order valence-electron chi connectivity index (χ4n) is 13.9. The number of furan rings is 2. The van der Waals surface area contributed by atoms with Crippen LogP contribution >= 0.6 is 0 Å². The van der Waals surface area contributed by atoms with E-state index in [1.54, 1.807) is 0 Å². The molecule has 1 aliphatic heterocycles. The third-order valence-electron chi connectivity index (χ3n) is 17.5. The first-order chi connectivity index (χ1) is 39.0. The molecule has 0 N–H and O–H groups in total. The van der Waals surface area contributed by atoms with Crippen molar-refractivity contribution >= 4 is 126 Å². The molecule has 0 saturated heterocycles. The molecule has 0 unspecified atom stereocenters. The molecular formula is C73H57N3O2Si2. The van der Waals surface area contributed by atoms with Crippen molar-refractivity contribution in [3.05, 3.63) is 259 Å². The van der Waals surface area contributed by atoms with Crippen LogP contribution in [0.4, 0.5) is 34.1 Å². The molecule has 11 aromatic carbocycles. The number of rotatable bonds is 8. The van der Waals surface area contributed by atoms with Crippen molar-refractivity contribution in [2.45, 2.75) is 44.7 Å². The minimum Gasteiger partial charge on any atom is -0.455 e. The van der Waals surface area contributed by atoms with E-state index in [0.29, 0.717) is 0 Å². The Kier molecular flexibility index (Phi) is 9.93. The summed E-state index contributed by atoms with van der Waals surface area (Å²) in [5, 5.41) is 9.51. The second kappa shape index (κ2) is 16.9. The molecule has 0 radical (unpaired) electrons. The van der Waals surface area contributed by atoms with E-state index in [9.17, 15) is 0 Å². The van der Waals surface area contributed by atoms with Crippen LogP contribution in [0.15, 0.2) is 245 Å². The highest BCUT2D eigenvalue weighted by atomic mass is 28.3. The van der Waals surface area contributed by atoms with Gasteiger partial charge in [0.25, 0.3) is 0 Å². The summed E-state index contributed by atoms with van der Waals surface area (Å²) in [7, 11) is -3.28. The molecular weight excluding hydrogens is 1010 g/mol. The van der Waals surface area contributed by atoms with E-state index in [1.807, 2.05) is 0 Å². The van der Waals surface area contributed by atoms with Gasteiger partial charge in [0.15, 0.2) is 0 Å². The highest BCUT2D eigenvalue weighted by Crippen LogP contribution is 2.67. The molecule has 0 saturated carbocycles. The minimum atomic E-state index is -1.64. The van der Waals surface area contributed by atoms with Crippen LogP contribution in [0.5, 0.6) is 0 Å². The molecule has 80 heavy (non-hydrogen) atoms. The molecule has 2 aliphatic rings. The molecule has 1 spiro atoms. The largest absolute Gasteiger partial charge is 0.455 e. The van der Waals surface area contributed by atoms with Crippen molar-refractivity contribution in [1.29, 1.82) is 0 Å². The average molecular weight is 1060 g/mol. The standard InChI is InChI=1S/C73H57N3O2Si2/c1-79(2,3)50-40-36-48(37-41-50)74(46-22-9-7-10-23-46)62-44-58-68(71-66(62)54-27-14-19-34-64(54)77-71)69-59(73(58)56-30-16-18-33-61(56)76-60-32-17-13-26-52(60)53-29-21-31-57(73)70(53)76)45-63(67-55-28-15-20-35-65(55)78-72(67)69)75(47-24-11-8-12-25-47)49-38-42-51(43-39-49)80(4,5)6/h7-45H,1-6H3. The Morgan fingerprint density at radius 3 is 1.29 bits per heavy atom. The van der Waals surface area contributed by atoms with Crippen LogP contribution in [0, 0.1) is 0 Å². The number of aromatic nitrogens is 1. The van der Waals surface area contributed by atoms with E-state index in [1.165, 1.54) is 43.3 Å². The molecule has 7 heteroatoms. The Morgan fingerprint density at radius 1 is 0.362 bits per heavy atom. The SMILES string of the molecule is C[Si](C)(C)c1ccc(N(c2ccccc2)c2cc3c(c4oc5ccccc5c24)-c2c(cc(N(c4ccccc4)c4ccc([Si](C)(C)C)cc4)c4c2oc2ccccc24)C32c3ccccc3-n3c4ccccc4c4cccc2c43)cc1. The van der Waals surface area contributed by atoms with Crippen molar-refractivity contribution in [2.75, 3.05) is 9.80 Å². The number of hydrogen-bond donors (Lipinski definition) is 0. The second-order valence-corrected chi connectivity index (χ2v) is 34.2. The van der Waals surface area contributed by atoms with Gasteiger partial charge in [0.1, 0.15) is 22.3 Å². The lowest BCUT2D eigenvalue weighted by molar-refractivity contribution is 0.665. The van der Waals surface area contributed by atoms with E-state index >= 15 is 0 Å². The fraction of sp³-hybridized carbons (Fsp3) is 0.0959. The zero-order valence-electron chi connectivity index (χ0n) is 45.7. The second-order valence-electron chi connectivity index (χ2n) is 24.0. The molecule has 14 aromatic rings. The fourth-order valence-corrected chi connectivity index (χ4v) is 16.2. The van der Waals surface area contributed by atoms with Crippen molar-refractivity contribution in [1.82, 2.24) is 4.57 Å². The normalized spacial score (nSPS) is 13.5. The van der Waals surface area contributed by atoms with Crippen LogP contribution in [0.3, 0.4) is 0 Å². The van der Waals surface area contributed by atoms with Gasteiger partial charge < -0.3 is 23.2 Å². The predicted molar refractivity (Wildman–Crippen MR) is 342 cm³/mol. The first-order valence-corrected chi connectivity index (χ1v) is 35.0. The van der Waals surface area contributed by atoms with Gasteiger partial charge in [-0.05, 0) is 107 Å². The van der Waals surface area contributed by atoms with Gasteiger partial charge in [0, 0.05) is 55.4 Å². The number of para-hydroxylation sites is 7. The van der Waals surface area contributed by atoms with Gasteiger partial charge in [0.05, 0.1) is 60.4 Å². The van der Waals surface area contributed by atoms with Crippen molar-refractivity contribution < 1.29 is 8.83 Å². The van der Waals surface area contributed by atoms with E-state index in [4.69, 9.17) is 8.83 Å². The molecule has 16 rings (SSSR count). The first kappa shape index (κ1) is 46.9. The highest BCUT2D eigenvalue weighted by molar-refractivity contribution is 6.89. The topological polar surface area (TPSA) is 37.7 Å². The first-order valence-electron chi connectivity index (χ1n) is 28.0. The van der Waals surface area contributed by atoms with Crippen LogP contribution < -0.4 is 20.2 Å². The third-order valence-corrected chi connectivity index (χ3v) is 21.6. The average Bonchev–Trinajstić information content (AvgIpc) is 4.45. The maximum absolute atomic E-state index is 7.59. The van der Waals surface area contributed by atoms with Crippen LogP contribution in [-0.4, -0.2) is 20.7 Å². The van der Waals surface area contributed by atoms with Crippen molar-refractivity contribution in [3.8, 4) is 16.8 Å². The zero-order valence-corrected chi connectivity index (χ0v) is 47.7. The molecule has 0 fully saturated rings. The van der Waals surface area contributed by atoms with E-state index in [-0.39, 0.29) is 0 Å². The van der Waals surface area contributed by atoms with Crippen molar-refractivity contribution in [3.63, 3.8) is 0 Å². The minimum absolute atomic E-state index is 0.836. The van der Waals surface area contributed by atoms with Crippen LogP contribution in [-0.2, 0) is 5.41 Å². The number of anilines is 6. The van der Waals surface area contributed by atoms with Crippen LogP contribution in [0.1, 0.15) is 22.3 Å². The molecule has 0 amide bonds. The van der Waals surface area contributed by atoms with Crippen LogP contribution in [0.2, 0.25) is 39.3 Å². The van der Waals surface area contributed by atoms with Gasteiger partial charge in [-0.15, -0.1) is 0 Å². The quantitative estimate of drug-likeness (QED) is 0.142. The summed E-state index contributed by atoms with van der Waals surface area (Å²) in [6.45, 7) is 14.5. The Bertz CT molecular complexity index is 4620. The summed E-state index contributed by atoms with van der Waals surface area (Å²) in [6.07, 6.45) is 0. The van der Waals surface area contributed by atoms with Gasteiger partial charge in [-0.25, -0.2) is 0 Å². The third kappa shape index (κ3) is 6.50. The Labute approximate surface area is 467 Å². The van der Waals surface area contributed by atoms with Crippen LogP contribution in [0.25, 0.3) is 82.5 Å². The highest BCUT2D eigenvalue weighted by Gasteiger charge is 2.54. The molecule has 3 aromatic heterocycles. The Balaban J connectivity index is 1.13. The lowest BCUT2D eigenvalue weighted by Gasteiger charge is -2.40. The van der Waals surface area contributed by atoms with Gasteiger partial charge in [-0.1, -0.05) is 201 Å². The lowest BCUT2D eigenvalue weighted by Crippen LogP contribution is -2.37. The Hall–Kier alpha value is -9.15. The summed E-state index contributed by atoms with van der Waals surface area (Å²) in [4.78, 5) is 4.95. The van der Waals surface area contributed by atoms with Gasteiger partial charge >= 0.3 is 0 Å². The Morgan fingerprint density at radius 2 is 0.775 bits per heavy atom. The van der Waals surface area contributed by atoms with Gasteiger partial charge in [0.2, 0.25) is 0 Å². The van der Waals surface area contributed by atoms with E-state index < -0.39 is 21.6 Å². The predicted octanol–water partition coefficient (Wildman–Crippen LogP) is 19.3. The monoisotopic (exact) mass is 1060 g/mol. The molecule has 5 nitrogen and oxygen atoms in total. The van der Waals surface area contributed by atoms with Crippen molar-refractivity contribution in [2.24, 2.45) is 0 Å². The summed E-state index contributed by atoms with van der Waals surface area (Å²) in [5.74, 6) is 0. The molecule has 1 aliphatic carbocycles. The molecule has 4 heterocycles. The smallest absolute Gasteiger partial charge is 0.145 e. The molecule has 0 atom stereocenters. The number of hydrogen-bond acceptors (Lipinski definition) is 4. The maximum Gasteiger partial charge on any atom is 0.145 e. The summed E-state index contributed by atoms with van der Waals surface area (Å²) in [6, 6.07) is 88.0. The molecule has 0 bridgehead atoms. The van der Waals surface area contributed by atoms with Gasteiger partial charge in [-0.3, -0.25) is 0 Å². The maximum atomic E-state index is 7.59. The summed E-state index contributed by atoms with van der Waals surface area (Å²) in [5.41, 5.74) is 19.2. The molecule has 384 valence electrons. The number of fused-ring (bicyclic) bond motifs is 20. The van der Waals surface area contributed by atoms with E-state index in [0.717, 1.165) is 106 Å².